The number of hydrogen-bond donors (Lipinski definition) is 0. The molecule has 0 aliphatic carbocycles. The molecule has 2 aromatic rings. The van der Waals surface area contributed by atoms with E-state index in [2.05, 4.69) is 15.9 Å². The van der Waals surface area contributed by atoms with Gasteiger partial charge < -0.3 is 9.64 Å². The van der Waals surface area contributed by atoms with E-state index >= 15 is 0 Å². The Morgan fingerprint density at radius 1 is 1.20 bits per heavy atom. The molecule has 104 valence electrons. The van der Waals surface area contributed by atoms with E-state index in [1.807, 2.05) is 55.5 Å². The molecule has 0 bridgehead atoms. The lowest BCUT2D eigenvalue weighted by Gasteiger charge is -2.18. The number of para-hydroxylation sites is 1. The van der Waals surface area contributed by atoms with Crippen molar-refractivity contribution in [3.05, 3.63) is 58.6 Å². The number of likely N-dealkylation sites (N-methyl/N-ethyl adjacent to an activating group) is 1. The van der Waals surface area contributed by atoms with Gasteiger partial charge in [-0.15, -0.1) is 0 Å². The van der Waals surface area contributed by atoms with Crippen LogP contribution in [0.2, 0.25) is 0 Å². The first-order valence-corrected chi connectivity index (χ1v) is 7.08. The van der Waals surface area contributed by atoms with E-state index in [0.29, 0.717) is 0 Å². The topological polar surface area (TPSA) is 29.5 Å². The minimum absolute atomic E-state index is 0.0217. The summed E-state index contributed by atoms with van der Waals surface area (Å²) in [7, 11) is 1.75. The van der Waals surface area contributed by atoms with Gasteiger partial charge in [-0.2, -0.15) is 0 Å². The third kappa shape index (κ3) is 3.61. The highest BCUT2D eigenvalue weighted by molar-refractivity contribution is 9.10. The van der Waals surface area contributed by atoms with Crippen molar-refractivity contribution in [1.29, 1.82) is 0 Å². The molecule has 0 N–H and O–H groups in total. The van der Waals surface area contributed by atoms with Gasteiger partial charge in [0.15, 0.2) is 6.61 Å². The van der Waals surface area contributed by atoms with Crippen LogP contribution in [0.3, 0.4) is 0 Å². The fourth-order valence-corrected chi connectivity index (χ4v) is 2.28. The van der Waals surface area contributed by atoms with E-state index < -0.39 is 0 Å². The number of hydrogen-bond acceptors (Lipinski definition) is 2. The molecule has 0 saturated heterocycles. The van der Waals surface area contributed by atoms with Gasteiger partial charge in [-0.05, 0) is 42.8 Å². The Bertz CT molecular complexity index is 599. The van der Waals surface area contributed by atoms with Crippen LogP contribution in [0.4, 0.5) is 5.69 Å². The number of carbonyl (C=O) groups is 1. The van der Waals surface area contributed by atoms with E-state index in [9.17, 15) is 4.79 Å². The van der Waals surface area contributed by atoms with Crippen LogP contribution in [-0.4, -0.2) is 19.6 Å². The van der Waals surface area contributed by atoms with Crippen molar-refractivity contribution in [3.8, 4) is 5.75 Å². The third-order valence-corrected chi connectivity index (χ3v) is 3.50. The Kier molecular flexibility index (Phi) is 4.79. The summed E-state index contributed by atoms with van der Waals surface area (Å²) in [6.07, 6.45) is 0. The van der Waals surface area contributed by atoms with Crippen molar-refractivity contribution in [1.82, 2.24) is 0 Å². The Hall–Kier alpha value is -1.81. The number of benzene rings is 2. The molecule has 0 heterocycles. The van der Waals surface area contributed by atoms with Crippen LogP contribution < -0.4 is 9.64 Å². The number of carbonyl (C=O) groups excluding carboxylic acids is 1. The maximum atomic E-state index is 12.1. The molecule has 3 nitrogen and oxygen atoms in total. The van der Waals surface area contributed by atoms with Crippen LogP contribution >= 0.6 is 15.9 Å². The summed E-state index contributed by atoms with van der Waals surface area (Å²) >= 11 is 3.40. The Morgan fingerprint density at radius 3 is 2.55 bits per heavy atom. The summed E-state index contributed by atoms with van der Waals surface area (Å²) in [4.78, 5) is 13.7. The maximum Gasteiger partial charge on any atom is 0.264 e. The van der Waals surface area contributed by atoms with Crippen LogP contribution in [-0.2, 0) is 4.79 Å². The van der Waals surface area contributed by atoms with Gasteiger partial charge in [0.1, 0.15) is 5.75 Å². The zero-order valence-corrected chi connectivity index (χ0v) is 13.1. The van der Waals surface area contributed by atoms with Crippen molar-refractivity contribution >= 4 is 27.5 Å². The Morgan fingerprint density at radius 2 is 1.90 bits per heavy atom. The average molecular weight is 334 g/mol. The molecule has 4 heteroatoms. The molecule has 2 rings (SSSR count). The Balaban J connectivity index is 1.98. The van der Waals surface area contributed by atoms with Gasteiger partial charge in [-0.25, -0.2) is 0 Å². The molecule has 0 fully saturated rings. The molecule has 0 unspecified atom stereocenters. The molecule has 0 saturated carbocycles. The molecule has 0 atom stereocenters. The second-order valence-corrected chi connectivity index (χ2v) is 5.40. The van der Waals surface area contributed by atoms with Gasteiger partial charge >= 0.3 is 0 Å². The third-order valence-electron chi connectivity index (χ3n) is 3.01. The van der Waals surface area contributed by atoms with E-state index in [1.54, 1.807) is 11.9 Å². The van der Waals surface area contributed by atoms with Crippen LogP contribution in [0.1, 0.15) is 5.56 Å². The molecule has 20 heavy (non-hydrogen) atoms. The van der Waals surface area contributed by atoms with Gasteiger partial charge in [-0.3, -0.25) is 4.79 Å². The maximum absolute atomic E-state index is 12.1. The van der Waals surface area contributed by atoms with Gasteiger partial charge in [0.05, 0.1) is 0 Å². The molecule has 0 aromatic heterocycles. The summed E-state index contributed by atoms with van der Waals surface area (Å²) in [5.74, 6) is 0.640. The van der Waals surface area contributed by atoms with Crippen LogP contribution in [0.15, 0.2) is 53.0 Å². The molecule has 2 aromatic carbocycles. The molecule has 0 radical (unpaired) electrons. The zero-order valence-electron chi connectivity index (χ0n) is 11.5. The SMILES string of the molecule is Cc1cc(Br)ccc1OCC(=O)N(C)c1ccccc1. The second kappa shape index (κ2) is 6.57. The summed E-state index contributed by atoms with van der Waals surface area (Å²) < 4.78 is 6.58. The lowest BCUT2D eigenvalue weighted by Crippen LogP contribution is -2.31. The molecule has 0 spiro atoms. The quantitative estimate of drug-likeness (QED) is 0.851. The van der Waals surface area contributed by atoms with Gasteiger partial charge in [0, 0.05) is 17.2 Å². The van der Waals surface area contributed by atoms with Crippen molar-refractivity contribution in [2.24, 2.45) is 0 Å². The van der Waals surface area contributed by atoms with Crippen LogP contribution in [0.25, 0.3) is 0 Å². The standard InChI is InChI=1S/C16H16BrNO2/c1-12-10-13(17)8-9-15(12)20-11-16(19)18(2)14-6-4-3-5-7-14/h3-10H,11H2,1-2H3. The fourth-order valence-electron chi connectivity index (χ4n) is 1.81. The first-order chi connectivity index (χ1) is 9.58. The predicted molar refractivity (Wildman–Crippen MR) is 84.2 cm³/mol. The first-order valence-electron chi connectivity index (χ1n) is 6.28. The highest BCUT2D eigenvalue weighted by Crippen LogP contribution is 2.22. The fraction of sp³-hybridized carbons (Fsp3) is 0.188. The molecular formula is C16H16BrNO2. The monoisotopic (exact) mass is 333 g/mol. The molecule has 0 aliphatic rings. The predicted octanol–water partition coefficient (Wildman–Crippen LogP) is 3.80. The minimum atomic E-state index is -0.0847. The minimum Gasteiger partial charge on any atom is -0.483 e. The lowest BCUT2D eigenvalue weighted by atomic mass is 10.2. The largest absolute Gasteiger partial charge is 0.483 e. The van der Waals surface area contributed by atoms with Gasteiger partial charge in [-0.1, -0.05) is 34.1 Å². The van der Waals surface area contributed by atoms with Crippen LogP contribution in [0.5, 0.6) is 5.75 Å². The first kappa shape index (κ1) is 14.6. The number of anilines is 1. The molecule has 0 aliphatic heterocycles. The summed E-state index contributed by atoms with van der Waals surface area (Å²) in [6, 6.07) is 15.2. The number of nitrogens with zero attached hydrogens (tertiary/aromatic N) is 1. The lowest BCUT2D eigenvalue weighted by molar-refractivity contribution is -0.120. The van der Waals surface area contributed by atoms with Gasteiger partial charge in [0.2, 0.25) is 0 Å². The van der Waals surface area contributed by atoms with Crippen molar-refractivity contribution in [3.63, 3.8) is 0 Å². The number of aryl methyl sites for hydroxylation is 1. The average Bonchev–Trinajstić information content (AvgIpc) is 2.46. The smallest absolute Gasteiger partial charge is 0.264 e. The summed E-state index contributed by atoms with van der Waals surface area (Å²) in [6.45, 7) is 1.97. The number of amides is 1. The van der Waals surface area contributed by atoms with Crippen molar-refractivity contribution in [2.75, 3.05) is 18.6 Å². The summed E-state index contributed by atoms with van der Waals surface area (Å²) in [5.41, 5.74) is 1.85. The van der Waals surface area contributed by atoms with Gasteiger partial charge in [0.25, 0.3) is 5.91 Å². The summed E-state index contributed by atoms with van der Waals surface area (Å²) in [5, 5.41) is 0. The number of halogens is 1. The van der Waals surface area contributed by atoms with Crippen molar-refractivity contribution in [2.45, 2.75) is 6.92 Å². The number of ether oxygens (including phenoxy) is 1. The zero-order chi connectivity index (χ0) is 14.5. The van der Waals surface area contributed by atoms with E-state index in [4.69, 9.17) is 4.74 Å². The second-order valence-electron chi connectivity index (χ2n) is 4.49. The van der Waals surface area contributed by atoms with Crippen LogP contribution in [0, 0.1) is 6.92 Å². The van der Waals surface area contributed by atoms with E-state index in [0.717, 1.165) is 21.5 Å². The highest BCUT2D eigenvalue weighted by atomic mass is 79.9. The molecule has 1 amide bonds. The highest BCUT2D eigenvalue weighted by Gasteiger charge is 2.12. The number of rotatable bonds is 4. The normalized spacial score (nSPS) is 10.2. The van der Waals surface area contributed by atoms with E-state index in [1.165, 1.54) is 0 Å². The Labute approximate surface area is 127 Å². The van der Waals surface area contributed by atoms with Crippen molar-refractivity contribution < 1.29 is 9.53 Å². The van der Waals surface area contributed by atoms with E-state index in [-0.39, 0.29) is 12.5 Å². The molecular weight excluding hydrogens is 318 g/mol.